The van der Waals surface area contributed by atoms with Crippen molar-refractivity contribution in [2.75, 3.05) is 6.54 Å². The summed E-state index contributed by atoms with van der Waals surface area (Å²) in [5, 5.41) is 4.61. The van der Waals surface area contributed by atoms with Crippen molar-refractivity contribution >= 4 is 5.91 Å². The van der Waals surface area contributed by atoms with E-state index in [2.05, 4.69) is 23.9 Å². The maximum absolute atomic E-state index is 13.1. The Hall–Kier alpha value is -2.95. The molecule has 138 valence electrons. The minimum atomic E-state index is -0.0785. The van der Waals surface area contributed by atoms with Crippen molar-refractivity contribution in [1.29, 1.82) is 0 Å². The second-order valence-corrected chi connectivity index (χ2v) is 7.22. The summed E-state index contributed by atoms with van der Waals surface area (Å²) < 4.78 is 1.77. The molecule has 1 aliphatic rings. The maximum Gasteiger partial charge on any atom is 0.293 e. The van der Waals surface area contributed by atoms with Gasteiger partial charge in [-0.05, 0) is 45.2 Å². The van der Waals surface area contributed by atoms with E-state index in [1.165, 1.54) is 12.0 Å². The largest absolute Gasteiger partial charge is 0.333 e. The van der Waals surface area contributed by atoms with Gasteiger partial charge in [0.15, 0.2) is 5.82 Å². The van der Waals surface area contributed by atoms with Crippen molar-refractivity contribution in [3.8, 4) is 17.1 Å². The number of benzene rings is 2. The van der Waals surface area contributed by atoms with Crippen molar-refractivity contribution in [1.82, 2.24) is 19.7 Å². The molecule has 3 aromatic rings. The van der Waals surface area contributed by atoms with Gasteiger partial charge in [-0.2, -0.15) is 0 Å². The second-order valence-electron chi connectivity index (χ2n) is 7.22. The van der Waals surface area contributed by atoms with Crippen LogP contribution in [0.2, 0.25) is 0 Å². The standard InChI is InChI=1S/C22H24N4O/c1-16-11-13-19(14-12-16)26-21(18-9-4-3-5-10-18)23-20(24-26)22(27)25-15-7-6-8-17(25)2/h3-5,9-14,17H,6-8,15H2,1-2H3/t17-/m1/s1. The molecule has 0 radical (unpaired) electrons. The van der Waals surface area contributed by atoms with Gasteiger partial charge in [0.05, 0.1) is 5.69 Å². The summed E-state index contributed by atoms with van der Waals surface area (Å²) in [7, 11) is 0. The predicted octanol–water partition coefficient (Wildman–Crippen LogP) is 4.26. The zero-order valence-corrected chi connectivity index (χ0v) is 15.8. The van der Waals surface area contributed by atoms with Crippen molar-refractivity contribution < 1.29 is 4.79 Å². The summed E-state index contributed by atoms with van der Waals surface area (Å²) in [6.45, 7) is 4.93. The fourth-order valence-corrected chi connectivity index (χ4v) is 3.57. The molecule has 1 aromatic heterocycles. The molecule has 1 atom stereocenters. The molecule has 1 amide bonds. The van der Waals surface area contributed by atoms with E-state index in [9.17, 15) is 4.79 Å². The molecule has 2 aromatic carbocycles. The first-order valence-corrected chi connectivity index (χ1v) is 9.54. The topological polar surface area (TPSA) is 51.0 Å². The molecule has 5 heteroatoms. The first-order valence-electron chi connectivity index (χ1n) is 9.54. The van der Waals surface area contributed by atoms with Gasteiger partial charge in [0.1, 0.15) is 0 Å². The zero-order chi connectivity index (χ0) is 18.8. The van der Waals surface area contributed by atoms with Gasteiger partial charge in [0.2, 0.25) is 5.82 Å². The Bertz CT molecular complexity index is 931. The van der Waals surface area contributed by atoms with E-state index in [4.69, 9.17) is 0 Å². The lowest BCUT2D eigenvalue weighted by molar-refractivity contribution is 0.0623. The molecule has 4 rings (SSSR count). The van der Waals surface area contributed by atoms with Crippen molar-refractivity contribution in [2.24, 2.45) is 0 Å². The number of rotatable bonds is 3. The number of carbonyl (C=O) groups is 1. The molecule has 0 aliphatic carbocycles. The molecule has 1 aliphatic heterocycles. The summed E-state index contributed by atoms with van der Waals surface area (Å²) in [6.07, 6.45) is 3.25. The van der Waals surface area contributed by atoms with E-state index >= 15 is 0 Å². The number of aryl methyl sites for hydroxylation is 1. The number of aromatic nitrogens is 3. The Balaban J connectivity index is 1.78. The smallest absolute Gasteiger partial charge is 0.293 e. The molecule has 27 heavy (non-hydrogen) atoms. The zero-order valence-electron chi connectivity index (χ0n) is 15.8. The van der Waals surface area contributed by atoms with Crippen LogP contribution in [0.1, 0.15) is 42.4 Å². The quantitative estimate of drug-likeness (QED) is 0.701. The molecular formula is C22H24N4O. The molecule has 5 nitrogen and oxygen atoms in total. The van der Waals surface area contributed by atoms with E-state index in [-0.39, 0.29) is 17.8 Å². The first-order chi connectivity index (χ1) is 13.1. The lowest BCUT2D eigenvalue weighted by atomic mass is 10.0. The van der Waals surface area contributed by atoms with Gasteiger partial charge >= 0.3 is 0 Å². The molecule has 1 saturated heterocycles. The maximum atomic E-state index is 13.1. The van der Waals surface area contributed by atoms with Crippen LogP contribution >= 0.6 is 0 Å². The molecule has 1 fully saturated rings. The van der Waals surface area contributed by atoms with Gasteiger partial charge < -0.3 is 4.90 Å². The van der Waals surface area contributed by atoms with Gasteiger partial charge in [0, 0.05) is 18.2 Å². The van der Waals surface area contributed by atoms with Gasteiger partial charge in [-0.15, -0.1) is 5.10 Å². The predicted molar refractivity (Wildman–Crippen MR) is 106 cm³/mol. The highest BCUT2D eigenvalue weighted by Gasteiger charge is 2.28. The molecule has 0 saturated carbocycles. The van der Waals surface area contributed by atoms with Gasteiger partial charge in [0.25, 0.3) is 5.91 Å². The number of piperidine rings is 1. The number of amides is 1. The summed E-state index contributed by atoms with van der Waals surface area (Å²) >= 11 is 0. The molecule has 0 spiro atoms. The van der Waals surface area contributed by atoms with Crippen molar-refractivity contribution in [3.63, 3.8) is 0 Å². The summed E-state index contributed by atoms with van der Waals surface area (Å²) in [4.78, 5) is 19.6. The number of hydrogen-bond donors (Lipinski definition) is 0. The van der Waals surface area contributed by atoms with Gasteiger partial charge in [-0.3, -0.25) is 4.79 Å². The number of carbonyl (C=O) groups excluding carboxylic acids is 1. The normalized spacial score (nSPS) is 17.1. The summed E-state index contributed by atoms with van der Waals surface area (Å²) in [6, 6.07) is 18.2. The first kappa shape index (κ1) is 17.5. The molecule has 0 N–H and O–H groups in total. The third-order valence-electron chi connectivity index (χ3n) is 5.17. The van der Waals surface area contributed by atoms with Crippen molar-refractivity contribution in [3.05, 3.63) is 66.0 Å². The van der Waals surface area contributed by atoms with E-state index in [0.29, 0.717) is 5.82 Å². The fourth-order valence-electron chi connectivity index (χ4n) is 3.57. The number of likely N-dealkylation sites (tertiary alicyclic amines) is 1. The Morgan fingerprint density at radius 2 is 1.78 bits per heavy atom. The molecule has 2 heterocycles. The van der Waals surface area contributed by atoms with Crippen molar-refractivity contribution in [2.45, 2.75) is 39.2 Å². The van der Waals surface area contributed by atoms with E-state index in [0.717, 1.165) is 30.6 Å². The Kier molecular flexibility index (Phi) is 4.75. The van der Waals surface area contributed by atoms with E-state index in [1.54, 1.807) is 4.68 Å². The fraction of sp³-hybridized carbons (Fsp3) is 0.318. The van der Waals surface area contributed by atoms with Crippen LogP contribution in [0.5, 0.6) is 0 Å². The third-order valence-corrected chi connectivity index (χ3v) is 5.17. The van der Waals surface area contributed by atoms with Crippen LogP contribution < -0.4 is 0 Å². The van der Waals surface area contributed by atoms with Crippen LogP contribution in [0, 0.1) is 6.92 Å². The van der Waals surface area contributed by atoms with Crippen LogP contribution in [0.3, 0.4) is 0 Å². The average Bonchev–Trinajstić information content (AvgIpc) is 3.14. The Morgan fingerprint density at radius 1 is 1.04 bits per heavy atom. The van der Waals surface area contributed by atoms with Crippen LogP contribution in [0.15, 0.2) is 54.6 Å². The molecular weight excluding hydrogens is 336 g/mol. The van der Waals surface area contributed by atoms with Gasteiger partial charge in [-0.25, -0.2) is 9.67 Å². The van der Waals surface area contributed by atoms with Crippen LogP contribution in [-0.2, 0) is 0 Å². The van der Waals surface area contributed by atoms with E-state index in [1.807, 2.05) is 59.5 Å². The molecule has 0 bridgehead atoms. The minimum absolute atomic E-state index is 0.0785. The van der Waals surface area contributed by atoms with Crippen LogP contribution in [0.4, 0.5) is 0 Å². The third kappa shape index (κ3) is 3.50. The lowest BCUT2D eigenvalue weighted by Crippen LogP contribution is -2.42. The van der Waals surface area contributed by atoms with E-state index < -0.39 is 0 Å². The minimum Gasteiger partial charge on any atom is -0.333 e. The number of nitrogens with zero attached hydrogens (tertiary/aromatic N) is 4. The highest BCUT2D eigenvalue weighted by atomic mass is 16.2. The average molecular weight is 360 g/mol. The highest BCUT2D eigenvalue weighted by Crippen LogP contribution is 2.23. The van der Waals surface area contributed by atoms with Gasteiger partial charge in [-0.1, -0.05) is 48.0 Å². The number of hydrogen-bond acceptors (Lipinski definition) is 3. The second kappa shape index (κ2) is 7.35. The van der Waals surface area contributed by atoms with Crippen LogP contribution in [-0.4, -0.2) is 38.2 Å². The summed E-state index contributed by atoms with van der Waals surface area (Å²) in [5.41, 5.74) is 3.02. The Labute approximate surface area is 159 Å². The lowest BCUT2D eigenvalue weighted by Gasteiger charge is -2.32. The monoisotopic (exact) mass is 360 g/mol. The SMILES string of the molecule is Cc1ccc(-n2nc(C(=O)N3CCCC[C@H]3C)nc2-c2ccccc2)cc1. The highest BCUT2D eigenvalue weighted by molar-refractivity contribution is 5.91. The Morgan fingerprint density at radius 3 is 2.48 bits per heavy atom. The molecule has 0 unspecified atom stereocenters. The van der Waals surface area contributed by atoms with Crippen LogP contribution in [0.25, 0.3) is 17.1 Å². The summed E-state index contributed by atoms with van der Waals surface area (Å²) in [5.74, 6) is 0.876.